The van der Waals surface area contributed by atoms with Crippen molar-refractivity contribution in [1.82, 2.24) is 0 Å². The Morgan fingerprint density at radius 3 is 2.26 bits per heavy atom. The van der Waals surface area contributed by atoms with E-state index in [1.807, 2.05) is 27.7 Å². The lowest BCUT2D eigenvalue weighted by atomic mass is 9.54. The number of fused-ring (bicyclic) bond motifs is 3. The average molecular weight is 377 g/mol. The predicted octanol–water partition coefficient (Wildman–Crippen LogP) is 7.65. The lowest BCUT2D eigenvalue weighted by Crippen LogP contribution is -2.45. The molecule has 0 aromatic carbocycles. The third-order valence-corrected chi connectivity index (χ3v) is 7.15. The molecule has 0 amide bonds. The highest BCUT2D eigenvalue weighted by Gasteiger charge is 2.58. The Bertz CT molecular complexity index is 583. The van der Waals surface area contributed by atoms with Gasteiger partial charge in [-0.3, -0.25) is 4.79 Å². The zero-order valence-corrected chi connectivity index (χ0v) is 19.4. The van der Waals surface area contributed by atoms with Crippen LogP contribution in [0.5, 0.6) is 0 Å². The van der Waals surface area contributed by atoms with Gasteiger partial charge in [-0.1, -0.05) is 72.6 Å². The summed E-state index contributed by atoms with van der Waals surface area (Å²) in [5.74, 6) is 0.725. The molecule has 0 aliphatic heterocycles. The SMILES string of the molecule is CC.CC.CC1=CC[C@@H]2C3=C(C(C)C)C(C)C[C@]3(C(=O)O)CC[C@@]2(C)CC1. The van der Waals surface area contributed by atoms with Crippen LogP contribution in [0.25, 0.3) is 0 Å². The molecule has 1 saturated carbocycles. The molecule has 0 saturated heterocycles. The maximum atomic E-state index is 12.4. The molecule has 0 bridgehead atoms. The number of carboxylic acids is 1. The van der Waals surface area contributed by atoms with Gasteiger partial charge in [0, 0.05) is 0 Å². The minimum absolute atomic E-state index is 0.271. The molecule has 1 unspecified atom stereocenters. The highest BCUT2D eigenvalue weighted by molar-refractivity contribution is 5.81. The van der Waals surface area contributed by atoms with Crippen molar-refractivity contribution < 1.29 is 9.90 Å². The molecule has 156 valence electrons. The highest BCUT2D eigenvalue weighted by atomic mass is 16.4. The summed E-state index contributed by atoms with van der Waals surface area (Å²) in [6, 6.07) is 0. The smallest absolute Gasteiger partial charge is 0.313 e. The minimum atomic E-state index is -0.574. The molecule has 2 heteroatoms. The van der Waals surface area contributed by atoms with Gasteiger partial charge in [0.1, 0.15) is 0 Å². The van der Waals surface area contributed by atoms with Crippen LogP contribution in [0.1, 0.15) is 101 Å². The first-order chi connectivity index (χ1) is 12.7. The molecule has 0 radical (unpaired) electrons. The number of aliphatic carboxylic acids is 1. The van der Waals surface area contributed by atoms with Gasteiger partial charge in [-0.05, 0) is 74.2 Å². The van der Waals surface area contributed by atoms with E-state index in [0.717, 1.165) is 25.7 Å². The van der Waals surface area contributed by atoms with Crippen LogP contribution in [0.4, 0.5) is 0 Å². The molecular formula is C25H44O2. The fraction of sp³-hybridized carbons (Fsp3) is 0.800. The Morgan fingerprint density at radius 1 is 1.15 bits per heavy atom. The Kier molecular flexibility index (Phi) is 8.38. The van der Waals surface area contributed by atoms with Crippen molar-refractivity contribution in [2.75, 3.05) is 0 Å². The van der Waals surface area contributed by atoms with Crippen molar-refractivity contribution in [3.05, 3.63) is 22.8 Å². The fourth-order valence-electron chi connectivity index (χ4n) is 5.87. The molecule has 0 aromatic heterocycles. The third-order valence-electron chi connectivity index (χ3n) is 7.15. The molecule has 1 fully saturated rings. The summed E-state index contributed by atoms with van der Waals surface area (Å²) in [5.41, 5.74) is 3.99. The van der Waals surface area contributed by atoms with E-state index in [2.05, 4.69) is 40.7 Å². The van der Waals surface area contributed by atoms with Crippen LogP contribution < -0.4 is 0 Å². The second-order valence-corrected chi connectivity index (χ2v) is 9.01. The van der Waals surface area contributed by atoms with Crippen molar-refractivity contribution in [2.45, 2.75) is 101 Å². The van der Waals surface area contributed by atoms with Crippen LogP contribution in [0, 0.1) is 28.6 Å². The van der Waals surface area contributed by atoms with Crippen LogP contribution in [0.3, 0.4) is 0 Å². The molecule has 0 aromatic rings. The van der Waals surface area contributed by atoms with Gasteiger partial charge in [-0.15, -0.1) is 0 Å². The zero-order valence-electron chi connectivity index (χ0n) is 19.4. The van der Waals surface area contributed by atoms with Crippen LogP contribution in [-0.2, 0) is 4.79 Å². The molecule has 3 aliphatic rings. The molecule has 4 atom stereocenters. The van der Waals surface area contributed by atoms with Crippen molar-refractivity contribution in [3.8, 4) is 0 Å². The number of rotatable bonds is 2. The van der Waals surface area contributed by atoms with E-state index >= 15 is 0 Å². The van der Waals surface area contributed by atoms with Gasteiger partial charge in [-0.25, -0.2) is 0 Å². The first-order valence-electron chi connectivity index (χ1n) is 11.3. The fourth-order valence-corrected chi connectivity index (χ4v) is 5.87. The largest absolute Gasteiger partial charge is 0.481 e. The maximum absolute atomic E-state index is 12.4. The standard InChI is InChI=1S/C21H32O2.2C2H6/c1-13(2)17-15(4)12-21(19(22)23)11-10-20(5)9-8-14(3)6-7-16(20)18(17)21;2*1-2/h6,13,15-16H,7-12H2,1-5H3,(H,22,23);2*1-2H3/t15?,16-,20-,21-;;/m1../s1. The van der Waals surface area contributed by atoms with Gasteiger partial charge >= 0.3 is 5.97 Å². The lowest BCUT2D eigenvalue weighted by molar-refractivity contribution is -0.149. The lowest BCUT2D eigenvalue weighted by Gasteiger charge is -2.49. The number of hydrogen-bond donors (Lipinski definition) is 1. The van der Waals surface area contributed by atoms with E-state index in [-0.39, 0.29) is 5.41 Å². The summed E-state index contributed by atoms with van der Waals surface area (Å²) in [6.07, 6.45) is 8.53. The monoisotopic (exact) mass is 376 g/mol. The van der Waals surface area contributed by atoms with Gasteiger partial charge in [0.15, 0.2) is 0 Å². The molecular weight excluding hydrogens is 332 g/mol. The predicted molar refractivity (Wildman–Crippen MR) is 117 cm³/mol. The number of carbonyl (C=O) groups is 1. The maximum Gasteiger partial charge on any atom is 0.313 e. The van der Waals surface area contributed by atoms with E-state index in [1.54, 1.807) is 0 Å². The molecule has 1 N–H and O–H groups in total. The Morgan fingerprint density at radius 2 is 1.74 bits per heavy atom. The zero-order chi connectivity index (χ0) is 21.0. The number of allylic oxidation sites excluding steroid dienone is 3. The summed E-state index contributed by atoms with van der Waals surface area (Å²) >= 11 is 0. The van der Waals surface area contributed by atoms with E-state index < -0.39 is 11.4 Å². The highest BCUT2D eigenvalue weighted by Crippen LogP contribution is 2.64. The molecule has 0 heterocycles. The number of hydrogen-bond acceptors (Lipinski definition) is 1. The minimum Gasteiger partial charge on any atom is -0.481 e. The van der Waals surface area contributed by atoms with Crippen LogP contribution in [-0.4, -0.2) is 11.1 Å². The first-order valence-corrected chi connectivity index (χ1v) is 11.3. The molecule has 0 spiro atoms. The molecule has 2 nitrogen and oxygen atoms in total. The first kappa shape index (κ1) is 24.0. The van der Waals surface area contributed by atoms with Gasteiger partial charge in [0.2, 0.25) is 0 Å². The normalized spacial score (nSPS) is 35.0. The van der Waals surface area contributed by atoms with Crippen molar-refractivity contribution in [3.63, 3.8) is 0 Å². The average Bonchev–Trinajstić information content (AvgIpc) is 2.87. The topological polar surface area (TPSA) is 37.3 Å². The molecule has 3 aliphatic carbocycles. The van der Waals surface area contributed by atoms with Crippen LogP contribution >= 0.6 is 0 Å². The van der Waals surface area contributed by atoms with E-state index in [1.165, 1.54) is 29.6 Å². The van der Waals surface area contributed by atoms with Gasteiger partial charge in [0.05, 0.1) is 5.41 Å². The van der Waals surface area contributed by atoms with E-state index in [0.29, 0.717) is 17.8 Å². The Hall–Kier alpha value is -1.05. The van der Waals surface area contributed by atoms with Gasteiger partial charge < -0.3 is 5.11 Å². The summed E-state index contributed by atoms with van der Waals surface area (Å²) in [7, 11) is 0. The summed E-state index contributed by atoms with van der Waals surface area (Å²) in [5, 5.41) is 10.2. The Labute approximate surface area is 168 Å². The second kappa shape index (κ2) is 9.43. The van der Waals surface area contributed by atoms with E-state index in [4.69, 9.17) is 0 Å². The van der Waals surface area contributed by atoms with Crippen molar-refractivity contribution in [2.24, 2.45) is 28.6 Å². The Balaban J connectivity index is 0.000000855. The van der Waals surface area contributed by atoms with Crippen molar-refractivity contribution >= 4 is 5.97 Å². The van der Waals surface area contributed by atoms with Gasteiger partial charge in [0.25, 0.3) is 0 Å². The van der Waals surface area contributed by atoms with Crippen molar-refractivity contribution in [1.29, 1.82) is 0 Å². The summed E-state index contributed by atoms with van der Waals surface area (Å²) in [6.45, 7) is 19.4. The van der Waals surface area contributed by atoms with E-state index in [9.17, 15) is 9.90 Å². The summed E-state index contributed by atoms with van der Waals surface area (Å²) < 4.78 is 0. The van der Waals surface area contributed by atoms with Crippen LogP contribution in [0.2, 0.25) is 0 Å². The number of carboxylic acid groups (broad SMARTS) is 1. The van der Waals surface area contributed by atoms with Crippen LogP contribution in [0.15, 0.2) is 22.8 Å². The molecule has 3 rings (SSSR count). The van der Waals surface area contributed by atoms with Gasteiger partial charge in [-0.2, -0.15) is 0 Å². The third kappa shape index (κ3) is 4.20. The quantitative estimate of drug-likeness (QED) is 0.502. The second-order valence-electron chi connectivity index (χ2n) is 9.01. The molecule has 27 heavy (non-hydrogen) atoms. The summed E-state index contributed by atoms with van der Waals surface area (Å²) in [4.78, 5) is 12.4.